The highest BCUT2D eigenvalue weighted by molar-refractivity contribution is 5.97. The number of fused-ring (bicyclic) bond motifs is 1. The van der Waals surface area contributed by atoms with Crippen LogP contribution in [0.3, 0.4) is 0 Å². The van der Waals surface area contributed by atoms with Crippen LogP contribution in [0.25, 0.3) is 11.0 Å². The molecule has 2 heterocycles. The number of hydrogen-bond donors (Lipinski definition) is 0. The van der Waals surface area contributed by atoms with Crippen molar-refractivity contribution in [3.63, 3.8) is 0 Å². The number of aryl methyl sites for hydroxylation is 2. The van der Waals surface area contributed by atoms with E-state index in [-0.39, 0.29) is 17.5 Å². The van der Waals surface area contributed by atoms with Crippen molar-refractivity contribution in [2.24, 2.45) is 20.0 Å². The Morgan fingerprint density at radius 2 is 1.54 bits per heavy atom. The summed E-state index contributed by atoms with van der Waals surface area (Å²) >= 11 is 0. The minimum absolute atomic E-state index is 0.0563. The number of aromatic nitrogens is 2. The van der Waals surface area contributed by atoms with Gasteiger partial charge in [0.1, 0.15) is 0 Å². The summed E-state index contributed by atoms with van der Waals surface area (Å²) in [6, 6.07) is 5.35. The SMILES string of the molecule is CC(C)CC(=O)N1CCN(C(=O)c2ccc3c(c2)n(C)c(=O)n3C)CC1. The van der Waals surface area contributed by atoms with E-state index >= 15 is 0 Å². The van der Waals surface area contributed by atoms with Gasteiger partial charge in [-0.3, -0.25) is 18.7 Å². The zero-order valence-electron chi connectivity index (χ0n) is 15.9. The zero-order valence-corrected chi connectivity index (χ0v) is 15.9. The fourth-order valence-corrected chi connectivity index (χ4v) is 3.46. The number of hydrogen-bond acceptors (Lipinski definition) is 3. The Morgan fingerprint density at radius 1 is 0.962 bits per heavy atom. The Balaban J connectivity index is 1.73. The van der Waals surface area contributed by atoms with Crippen molar-refractivity contribution in [3.8, 4) is 0 Å². The number of benzene rings is 1. The van der Waals surface area contributed by atoms with Crippen molar-refractivity contribution in [2.75, 3.05) is 26.2 Å². The lowest BCUT2D eigenvalue weighted by atomic mass is 10.1. The van der Waals surface area contributed by atoms with E-state index in [0.717, 1.165) is 11.0 Å². The van der Waals surface area contributed by atoms with E-state index in [1.54, 1.807) is 40.3 Å². The van der Waals surface area contributed by atoms with E-state index in [1.165, 1.54) is 0 Å². The van der Waals surface area contributed by atoms with Gasteiger partial charge in [0.05, 0.1) is 11.0 Å². The second-order valence-electron chi connectivity index (χ2n) is 7.38. The highest BCUT2D eigenvalue weighted by Gasteiger charge is 2.25. The second-order valence-corrected chi connectivity index (χ2v) is 7.38. The Hall–Kier alpha value is -2.57. The summed E-state index contributed by atoms with van der Waals surface area (Å²) in [5.74, 6) is 0.443. The molecule has 0 N–H and O–H groups in total. The average Bonchev–Trinajstić information content (AvgIpc) is 2.84. The van der Waals surface area contributed by atoms with Crippen LogP contribution in [0, 0.1) is 5.92 Å². The maximum absolute atomic E-state index is 12.8. The lowest BCUT2D eigenvalue weighted by molar-refractivity contribution is -0.133. The number of carbonyl (C=O) groups excluding carboxylic acids is 2. The Bertz CT molecular complexity index is 901. The molecule has 0 spiro atoms. The topological polar surface area (TPSA) is 67.6 Å². The molecular formula is C19H26N4O3. The number of nitrogens with zero attached hydrogens (tertiary/aromatic N) is 4. The fourth-order valence-electron chi connectivity index (χ4n) is 3.46. The number of imidazole rings is 1. The predicted octanol–water partition coefficient (Wildman–Crippen LogP) is 1.21. The molecule has 0 atom stereocenters. The summed E-state index contributed by atoms with van der Waals surface area (Å²) in [4.78, 5) is 40.7. The monoisotopic (exact) mass is 358 g/mol. The summed E-state index contributed by atoms with van der Waals surface area (Å²) in [5, 5.41) is 0. The third-order valence-corrected chi connectivity index (χ3v) is 5.02. The van der Waals surface area contributed by atoms with Crippen molar-refractivity contribution in [2.45, 2.75) is 20.3 Å². The number of carbonyl (C=O) groups is 2. The molecule has 1 aliphatic heterocycles. The first-order valence-corrected chi connectivity index (χ1v) is 9.02. The maximum atomic E-state index is 12.8. The minimum Gasteiger partial charge on any atom is -0.339 e. The van der Waals surface area contributed by atoms with Gasteiger partial charge in [0.15, 0.2) is 0 Å². The third-order valence-electron chi connectivity index (χ3n) is 5.02. The number of rotatable bonds is 3. The van der Waals surface area contributed by atoms with Crippen LogP contribution >= 0.6 is 0 Å². The lowest BCUT2D eigenvalue weighted by Crippen LogP contribution is -2.50. The summed E-state index contributed by atoms with van der Waals surface area (Å²) < 4.78 is 3.12. The molecule has 2 amide bonds. The van der Waals surface area contributed by atoms with Gasteiger partial charge >= 0.3 is 5.69 Å². The van der Waals surface area contributed by atoms with Crippen LogP contribution in [-0.2, 0) is 18.9 Å². The van der Waals surface area contributed by atoms with Crippen molar-refractivity contribution in [1.29, 1.82) is 0 Å². The molecular weight excluding hydrogens is 332 g/mol. The first-order valence-electron chi connectivity index (χ1n) is 9.02. The molecule has 7 nitrogen and oxygen atoms in total. The van der Waals surface area contributed by atoms with Crippen LogP contribution in [0.5, 0.6) is 0 Å². The molecule has 0 radical (unpaired) electrons. The van der Waals surface area contributed by atoms with Crippen molar-refractivity contribution in [1.82, 2.24) is 18.9 Å². The van der Waals surface area contributed by atoms with Gasteiger partial charge in [-0.25, -0.2) is 4.79 Å². The van der Waals surface area contributed by atoms with Gasteiger partial charge in [-0.15, -0.1) is 0 Å². The average molecular weight is 358 g/mol. The summed E-state index contributed by atoms with van der Waals surface area (Å²) in [6.07, 6.45) is 0.548. The van der Waals surface area contributed by atoms with Gasteiger partial charge in [-0.05, 0) is 24.1 Å². The van der Waals surface area contributed by atoms with Crippen molar-refractivity contribution in [3.05, 3.63) is 34.2 Å². The third kappa shape index (κ3) is 3.25. The first kappa shape index (κ1) is 18.2. The van der Waals surface area contributed by atoms with Crippen LogP contribution < -0.4 is 5.69 Å². The van der Waals surface area contributed by atoms with Gasteiger partial charge in [0.2, 0.25) is 5.91 Å². The van der Waals surface area contributed by atoms with Gasteiger partial charge in [0, 0.05) is 52.3 Å². The van der Waals surface area contributed by atoms with Crippen LogP contribution in [0.1, 0.15) is 30.6 Å². The molecule has 2 aromatic rings. The lowest BCUT2D eigenvalue weighted by Gasteiger charge is -2.35. The molecule has 26 heavy (non-hydrogen) atoms. The van der Waals surface area contributed by atoms with Gasteiger partial charge < -0.3 is 9.80 Å². The number of amides is 2. The largest absolute Gasteiger partial charge is 0.339 e. The second kappa shape index (κ2) is 6.97. The van der Waals surface area contributed by atoms with E-state index in [2.05, 4.69) is 0 Å². The summed E-state index contributed by atoms with van der Waals surface area (Å²) in [5.41, 5.74) is 2.01. The first-order chi connectivity index (χ1) is 12.3. The molecule has 3 rings (SSSR count). The van der Waals surface area contributed by atoms with Crippen LogP contribution in [0.2, 0.25) is 0 Å². The molecule has 1 aliphatic rings. The van der Waals surface area contributed by atoms with E-state index in [9.17, 15) is 14.4 Å². The number of piperazine rings is 1. The van der Waals surface area contributed by atoms with Gasteiger partial charge in [-0.1, -0.05) is 13.8 Å². The molecule has 1 saturated heterocycles. The molecule has 7 heteroatoms. The van der Waals surface area contributed by atoms with E-state index in [4.69, 9.17) is 0 Å². The highest BCUT2D eigenvalue weighted by Crippen LogP contribution is 2.17. The van der Waals surface area contributed by atoms with Gasteiger partial charge in [-0.2, -0.15) is 0 Å². The minimum atomic E-state index is -0.109. The molecule has 0 bridgehead atoms. The summed E-state index contributed by atoms with van der Waals surface area (Å²) in [7, 11) is 3.43. The Labute approximate surface area is 152 Å². The van der Waals surface area contributed by atoms with E-state index in [0.29, 0.717) is 44.1 Å². The maximum Gasteiger partial charge on any atom is 0.328 e. The van der Waals surface area contributed by atoms with Crippen molar-refractivity contribution < 1.29 is 9.59 Å². The van der Waals surface area contributed by atoms with Crippen LogP contribution in [0.4, 0.5) is 0 Å². The molecule has 0 unspecified atom stereocenters. The van der Waals surface area contributed by atoms with Crippen molar-refractivity contribution >= 4 is 22.8 Å². The van der Waals surface area contributed by atoms with Crippen LogP contribution in [-0.4, -0.2) is 56.9 Å². The highest BCUT2D eigenvalue weighted by atomic mass is 16.2. The quantitative estimate of drug-likeness (QED) is 0.828. The molecule has 1 fully saturated rings. The standard InChI is InChI=1S/C19H26N4O3/c1-13(2)11-17(24)22-7-9-23(10-8-22)18(25)14-5-6-15-16(12-14)21(4)19(26)20(15)3/h5-6,12-13H,7-11H2,1-4H3. The van der Waals surface area contributed by atoms with Gasteiger partial charge in [0.25, 0.3) is 5.91 Å². The molecule has 0 aliphatic carbocycles. The summed E-state index contributed by atoms with van der Waals surface area (Å²) in [6.45, 7) is 6.28. The van der Waals surface area contributed by atoms with Crippen LogP contribution in [0.15, 0.2) is 23.0 Å². The Morgan fingerprint density at radius 3 is 2.15 bits per heavy atom. The van der Waals surface area contributed by atoms with E-state index < -0.39 is 0 Å². The zero-order chi connectivity index (χ0) is 19.0. The normalized spacial score (nSPS) is 15.1. The smallest absolute Gasteiger partial charge is 0.328 e. The molecule has 1 aromatic heterocycles. The predicted molar refractivity (Wildman–Crippen MR) is 100 cm³/mol. The Kier molecular flexibility index (Phi) is 4.89. The fraction of sp³-hybridized carbons (Fsp3) is 0.526. The molecule has 0 saturated carbocycles. The molecule has 140 valence electrons. The van der Waals surface area contributed by atoms with E-state index in [1.807, 2.05) is 24.8 Å². The molecule has 1 aromatic carbocycles.